The number of hydrogen-bond donors (Lipinski definition) is 2. The molecule has 0 aliphatic carbocycles. The molecular formula is C36H45N5O2. The zero-order valence-electron chi connectivity index (χ0n) is 26.5. The Morgan fingerprint density at radius 1 is 1.09 bits per heavy atom. The molecule has 2 saturated heterocycles. The summed E-state index contributed by atoms with van der Waals surface area (Å²) < 4.78 is 0.900. The number of H-pyrrole nitrogens is 1. The Hall–Kier alpha value is -3.71. The topological polar surface area (TPSA) is 88.0 Å². The predicted octanol–water partition coefficient (Wildman–Crippen LogP) is 6.16. The molecule has 4 aromatic rings. The Kier molecular flexibility index (Phi) is 7.80. The van der Waals surface area contributed by atoms with Crippen molar-refractivity contribution in [2.45, 2.75) is 97.1 Å². The molecule has 7 heteroatoms. The van der Waals surface area contributed by atoms with E-state index in [0.29, 0.717) is 17.8 Å². The van der Waals surface area contributed by atoms with Crippen molar-refractivity contribution >= 4 is 16.9 Å². The maximum Gasteiger partial charge on any atom is 0.233 e. The van der Waals surface area contributed by atoms with Crippen molar-refractivity contribution in [2.24, 2.45) is 0 Å². The molecule has 0 unspecified atom stereocenters. The summed E-state index contributed by atoms with van der Waals surface area (Å²) in [6, 6.07) is 13.5. The van der Waals surface area contributed by atoms with Crippen molar-refractivity contribution in [3.05, 3.63) is 87.5 Å². The van der Waals surface area contributed by atoms with Gasteiger partial charge in [0.2, 0.25) is 5.91 Å². The number of pyridine rings is 2. The van der Waals surface area contributed by atoms with E-state index in [9.17, 15) is 10.0 Å². The van der Waals surface area contributed by atoms with Crippen LogP contribution in [0.2, 0.25) is 0 Å². The van der Waals surface area contributed by atoms with Crippen LogP contribution in [0.4, 0.5) is 0 Å². The first-order chi connectivity index (χ1) is 20.5. The standard InChI is InChI=1S/C36H45N5O2/c1-22-15-23(2)17-27(16-22)33-32(24(3)20-37-13-11-26-12-14-40(43)25(4)18-26)31-19-28(21-38-34(31)39-33)36(5,6)35(42)41-29-7-8-30(41)10-9-29/h12,14-19,21,24,29-30,37H,7-11,13,20H2,1-6H3,(H,38,39)/t24-,29?,30?/m1/s1. The number of nitrogens with zero attached hydrogens (tertiary/aromatic N) is 3. The van der Waals surface area contributed by atoms with Gasteiger partial charge >= 0.3 is 0 Å². The SMILES string of the molecule is Cc1cc(C)cc(-c2[nH]c3ncc(C(C)(C)C(=O)N4C5CCC4CC5)cc3c2[C@H](C)CNCCc2cc[n+]([O-])c(C)c2)c1. The Morgan fingerprint density at radius 2 is 1.77 bits per heavy atom. The lowest BCUT2D eigenvalue weighted by atomic mass is 9.82. The van der Waals surface area contributed by atoms with Crippen LogP contribution >= 0.6 is 0 Å². The molecule has 7 nitrogen and oxygen atoms in total. The van der Waals surface area contributed by atoms with E-state index >= 15 is 0 Å². The number of carbonyl (C=O) groups excluding carboxylic acids is 1. The van der Waals surface area contributed by atoms with E-state index in [2.05, 4.69) is 74.1 Å². The Bertz CT molecular complexity index is 1630. The second-order valence-corrected chi connectivity index (χ2v) is 13.6. The maximum atomic E-state index is 14.0. The molecule has 0 spiro atoms. The molecule has 0 saturated carbocycles. The molecule has 1 atom stereocenters. The molecule has 43 heavy (non-hydrogen) atoms. The summed E-state index contributed by atoms with van der Waals surface area (Å²) >= 11 is 0. The van der Waals surface area contributed by atoms with Crippen molar-refractivity contribution < 1.29 is 9.52 Å². The maximum absolute atomic E-state index is 14.0. The van der Waals surface area contributed by atoms with E-state index in [0.717, 1.165) is 83.3 Å². The van der Waals surface area contributed by atoms with Gasteiger partial charge in [-0.1, -0.05) is 24.1 Å². The van der Waals surface area contributed by atoms with Crippen LogP contribution in [0.5, 0.6) is 0 Å². The van der Waals surface area contributed by atoms with E-state index in [1.807, 2.05) is 25.3 Å². The number of nitrogens with one attached hydrogen (secondary N) is 2. The summed E-state index contributed by atoms with van der Waals surface area (Å²) in [6.07, 6.45) is 8.89. The highest BCUT2D eigenvalue weighted by molar-refractivity contribution is 5.93. The van der Waals surface area contributed by atoms with Gasteiger partial charge in [-0.3, -0.25) is 4.79 Å². The zero-order chi connectivity index (χ0) is 30.5. The Morgan fingerprint density at radius 3 is 2.42 bits per heavy atom. The van der Waals surface area contributed by atoms with Gasteiger partial charge in [0.1, 0.15) is 5.65 Å². The molecule has 2 N–H and O–H groups in total. The minimum atomic E-state index is -0.654. The largest absolute Gasteiger partial charge is 0.619 e. The fourth-order valence-corrected chi connectivity index (χ4v) is 7.45. The minimum Gasteiger partial charge on any atom is -0.619 e. The summed E-state index contributed by atoms with van der Waals surface area (Å²) in [5.74, 6) is 0.426. The molecule has 5 heterocycles. The highest BCUT2D eigenvalue weighted by Gasteiger charge is 2.47. The van der Waals surface area contributed by atoms with Gasteiger partial charge in [-0.25, -0.2) is 4.98 Å². The number of rotatable bonds is 9. The molecule has 2 bridgehead atoms. The zero-order valence-corrected chi connectivity index (χ0v) is 26.5. The third kappa shape index (κ3) is 5.55. The lowest BCUT2D eigenvalue weighted by Crippen LogP contribution is -2.46. The quantitative estimate of drug-likeness (QED) is 0.141. The molecule has 6 rings (SSSR count). The van der Waals surface area contributed by atoms with Crippen LogP contribution in [0.15, 0.2) is 48.8 Å². The molecule has 0 radical (unpaired) electrons. The number of aryl methyl sites for hydroxylation is 3. The van der Waals surface area contributed by atoms with Crippen molar-refractivity contribution in [2.75, 3.05) is 13.1 Å². The molecular weight excluding hydrogens is 534 g/mol. The van der Waals surface area contributed by atoms with Gasteiger partial charge in [-0.2, -0.15) is 4.73 Å². The van der Waals surface area contributed by atoms with E-state index in [1.165, 1.54) is 16.7 Å². The average molecular weight is 580 g/mol. The number of hydrogen-bond acceptors (Lipinski definition) is 4. The first-order valence-electron chi connectivity index (χ1n) is 15.9. The lowest BCUT2D eigenvalue weighted by molar-refractivity contribution is -0.612. The smallest absolute Gasteiger partial charge is 0.233 e. The predicted molar refractivity (Wildman–Crippen MR) is 172 cm³/mol. The fourth-order valence-electron chi connectivity index (χ4n) is 7.45. The third-order valence-corrected chi connectivity index (χ3v) is 9.84. The third-order valence-electron chi connectivity index (χ3n) is 9.84. The average Bonchev–Trinajstić information content (AvgIpc) is 3.68. The first kappa shape index (κ1) is 29.4. The fraction of sp³-hybridized carbons (Fsp3) is 0.472. The van der Waals surface area contributed by atoms with Gasteiger partial charge in [0.25, 0.3) is 0 Å². The Balaban J connectivity index is 1.32. The Labute approximate surface area is 255 Å². The molecule has 2 aliphatic heterocycles. The van der Waals surface area contributed by atoms with Crippen molar-refractivity contribution in [1.82, 2.24) is 20.2 Å². The highest BCUT2D eigenvalue weighted by Crippen LogP contribution is 2.42. The van der Waals surface area contributed by atoms with Gasteiger partial charge in [-0.15, -0.1) is 0 Å². The number of amides is 1. The van der Waals surface area contributed by atoms with Crippen LogP contribution in [0, 0.1) is 26.0 Å². The number of fused-ring (bicyclic) bond motifs is 3. The summed E-state index contributed by atoms with van der Waals surface area (Å²) in [5, 5.41) is 16.5. The highest BCUT2D eigenvalue weighted by atomic mass is 16.5. The number of aromatic amines is 1. The van der Waals surface area contributed by atoms with Crippen LogP contribution in [-0.2, 0) is 16.6 Å². The summed E-state index contributed by atoms with van der Waals surface area (Å²) in [6.45, 7) is 14.1. The van der Waals surface area contributed by atoms with Crippen molar-refractivity contribution in [3.63, 3.8) is 0 Å². The van der Waals surface area contributed by atoms with Crippen LogP contribution < -0.4 is 10.0 Å². The summed E-state index contributed by atoms with van der Waals surface area (Å²) in [4.78, 5) is 24.8. The van der Waals surface area contributed by atoms with Crippen LogP contribution in [0.1, 0.15) is 85.9 Å². The van der Waals surface area contributed by atoms with E-state index in [1.54, 1.807) is 6.20 Å². The lowest BCUT2D eigenvalue weighted by Gasteiger charge is -2.32. The molecule has 1 amide bonds. The molecule has 2 aliphatic rings. The first-order valence-corrected chi connectivity index (χ1v) is 15.9. The summed E-state index contributed by atoms with van der Waals surface area (Å²) in [7, 11) is 0. The number of carbonyl (C=O) groups is 1. The van der Waals surface area contributed by atoms with Gasteiger partial charge in [0.05, 0.1) is 11.1 Å². The molecule has 1 aromatic carbocycles. The van der Waals surface area contributed by atoms with Crippen molar-refractivity contribution in [1.29, 1.82) is 0 Å². The number of aromatic nitrogens is 3. The second kappa shape index (κ2) is 11.4. The van der Waals surface area contributed by atoms with Gasteiger partial charge in [0, 0.05) is 49.3 Å². The van der Waals surface area contributed by atoms with Gasteiger partial charge < -0.3 is 20.4 Å². The van der Waals surface area contributed by atoms with Crippen LogP contribution in [0.25, 0.3) is 22.3 Å². The van der Waals surface area contributed by atoms with E-state index in [4.69, 9.17) is 4.98 Å². The summed E-state index contributed by atoms with van der Waals surface area (Å²) in [5.41, 5.74) is 8.98. The van der Waals surface area contributed by atoms with Gasteiger partial charge in [0.15, 0.2) is 11.9 Å². The second-order valence-electron chi connectivity index (χ2n) is 13.6. The monoisotopic (exact) mass is 579 g/mol. The molecule has 2 fully saturated rings. The molecule has 226 valence electrons. The molecule has 3 aromatic heterocycles. The normalized spacial score (nSPS) is 19.0. The minimum absolute atomic E-state index is 0.191. The van der Waals surface area contributed by atoms with Gasteiger partial charge in [-0.05, 0) is 113 Å². The number of benzene rings is 1. The van der Waals surface area contributed by atoms with Crippen LogP contribution in [-0.4, -0.2) is 45.9 Å². The van der Waals surface area contributed by atoms with E-state index < -0.39 is 5.41 Å². The van der Waals surface area contributed by atoms with E-state index in [-0.39, 0.29) is 11.8 Å². The van der Waals surface area contributed by atoms with Crippen LogP contribution in [0.3, 0.4) is 0 Å². The van der Waals surface area contributed by atoms with Crippen molar-refractivity contribution in [3.8, 4) is 11.3 Å².